The molecule has 2 aromatic heterocycles. The van der Waals surface area contributed by atoms with Crippen LogP contribution in [0.1, 0.15) is 38.6 Å². The number of aryl methyl sites for hydroxylation is 1. The molecule has 0 fully saturated rings. The van der Waals surface area contributed by atoms with E-state index < -0.39 is 48.6 Å². The van der Waals surface area contributed by atoms with Crippen LogP contribution in [-0.2, 0) is 20.9 Å². The number of unbranched alkanes of at least 4 members (excludes halogenated alkanes) is 2. The summed E-state index contributed by atoms with van der Waals surface area (Å²) in [5, 5.41) is 61.2. The van der Waals surface area contributed by atoms with Crippen LogP contribution in [0.3, 0.4) is 0 Å². The van der Waals surface area contributed by atoms with Crippen molar-refractivity contribution in [3.05, 3.63) is 78.8 Å². The molecule has 242 valence electrons. The number of aromatic nitrogens is 6. The maximum atomic E-state index is 12.8. The maximum Gasteiger partial charge on any atom is 1.00 e. The van der Waals surface area contributed by atoms with Crippen molar-refractivity contribution < 1.29 is 64.3 Å². The summed E-state index contributed by atoms with van der Waals surface area (Å²) in [6.07, 6.45) is 3.22. The topological polar surface area (TPSA) is 201 Å². The molecule has 2 aromatic carbocycles. The van der Waals surface area contributed by atoms with Gasteiger partial charge in [-0.05, 0) is 25.0 Å². The van der Waals surface area contributed by atoms with Crippen LogP contribution in [0.4, 0.5) is 5.69 Å². The molecule has 15 heteroatoms. The Morgan fingerprint density at radius 2 is 1.70 bits per heavy atom. The predicted molar refractivity (Wildman–Crippen MR) is 163 cm³/mol. The third kappa shape index (κ3) is 8.91. The SMILES string of the molecule is C[C@H]1[C@H]([C@H](O)[C@H](O)CO)OC(C(=O)[O-])=C[C@@H]1n1cc(-c2ccccc2NC(=O)CCCCCn2cc(-c3ccccc3)nn2)nn1.[Na+]. The zero-order chi connectivity index (χ0) is 32.6. The van der Waals surface area contributed by atoms with Gasteiger partial charge in [0.1, 0.15) is 41.4 Å². The summed E-state index contributed by atoms with van der Waals surface area (Å²) >= 11 is 0. The van der Waals surface area contributed by atoms with Gasteiger partial charge in [-0.2, -0.15) is 0 Å². The van der Waals surface area contributed by atoms with Crippen LogP contribution >= 0.6 is 0 Å². The zero-order valence-corrected chi connectivity index (χ0v) is 28.2. The minimum atomic E-state index is -1.60. The Hall–Kier alpha value is -3.92. The number of carbonyl (C=O) groups excluding carboxylic acids is 2. The van der Waals surface area contributed by atoms with E-state index in [0.717, 1.165) is 24.1 Å². The van der Waals surface area contributed by atoms with Gasteiger partial charge in [0.2, 0.25) is 5.91 Å². The Bertz CT molecular complexity index is 1660. The molecule has 4 N–H and O–H groups in total. The van der Waals surface area contributed by atoms with E-state index in [9.17, 15) is 30.0 Å². The minimum absolute atomic E-state index is 0. The van der Waals surface area contributed by atoms with Gasteiger partial charge in [0, 0.05) is 30.0 Å². The second kappa shape index (κ2) is 16.8. The minimum Gasteiger partial charge on any atom is -0.542 e. The van der Waals surface area contributed by atoms with Crippen molar-refractivity contribution in [3.8, 4) is 22.5 Å². The number of aliphatic carboxylic acids is 1. The molecule has 0 saturated heterocycles. The largest absolute Gasteiger partial charge is 1.00 e. The normalized spacial score (nSPS) is 18.7. The first kappa shape index (κ1) is 35.9. The van der Waals surface area contributed by atoms with Gasteiger partial charge in [0.25, 0.3) is 0 Å². The summed E-state index contributed by atoms with van der Waals surface area (Å²) in [7, 11) is 0. The number of carboxylic acid groups (broad SMARTS) is 1. The van der Waals surface area contributed by atoms with Crippen LogP contribution in [0.25, 0.3) is 22.5 Å². The molecule has 5 atom stereocenters. The summed E-state index contributed by atoms with van der Waals surface area (Å²) in [5.74, 6) is -2.86. The number of carbonyl (C=O) groups is 2. The Labute approximate surface area is 293 Å². The number of nitrogens with zero attached hydrogens (tertiary/aromatic N) is 6. The van der Waals surface area contributed by atoms with Crippen molar-refractivity contribution in [1.29, 1.82) is 0 Å². The fourth-order valence-corrected chi connectivity index (χ4v) is 5.39. The molecule has 1 amide bonds. The van der Waals surface area contributed by atoms with E-state index in [-0.39, 0.29) is 35.5 Å². The number of para-hydroxylation sites is 1. The van der Waals surface area contributed by atoms with Crippen molar-refractivity contribution in [3.63, 3.8) is 0 Å². The fraction of sp³-hybridized carbons (Fsp3) is 0.375. The maximum absolute atomic E-state index is 12.8. The number of hydrogen-bond acceptors (Lipinski definition) is 11. The van der Waals surface area contributed by atoms with E-state index in [1.165, 1.54) is 10.8 Å². The van der Waals surface area contributed by atoms with Crippen molar-refractivity contribution >= 4 is 17.6 Å². The third-order valence-corrected chi connectivity index (χ3v) is 7.95. The van der Waals surface area contributed by atoms with E-state index in [0.29, 0.717) is 36.3 Å². The van der Waals surface area contributed by atoms with Crippen LogP contribution < -0.4 is 40.0 Å². The van der Waals surface area contributed by atoms with E-state index >= 15 is 0 Å². The van der Waals surface area contributed by atoms with E-state index in [1.54, 1.807) is 37.4 Å². The molecule has 1 aliphatic heterocycles. The molecule has 4 aromatic rings. The molecule has 5 rings (SSSR count). The molecule has 14 nitrogen and oxygen atoms in total. The molecule has 0 radical (unpaired) electrons. The monoisotopic (exact) mass is 653 g/mol. The smallest absolute Gasteiger partial charge is 0.542 e. The molecule has 3 heterocycles. The number of ether oxygens (including phenoxy) is 1. The van der Waals surface area contributed by atoms with Gasteiger partial charge < -0.3 is 35.3 Å². The number of allylic oxidation sites excluding steroid dienone is 1. The summed E-state index contributed by atoms with van der Waals surface area (Å²) in [4.78, 5) is 24.5. The standard InChI is InChI=1S/C32H37N7O7.Na/c1-20-26(16-28(32(44)45)46-31(20)30(43)27(41)19-40)39-18-25(35-37-39)22-12-7-8-13-23(22)33-29(42)14-6-3-9-15-38-17-24(34-36-38)21-10-4-2-5-11-21;/h2,4-5,7-8,10-13,16-18,20,26-27,30-31,40-41,43H,3,6,9,14-15,19H2,1H3,(H,33,42)(H,44,45);/q;+1/p-1/t20-,26+,27-,30-,31-;/m1./s1. The summed E-state index contributed by atoms with van der Waals surface area (Å²) in [5.41, 5.74) is 3.41. The number of anilines is 1. The summed E-state index contributed by atoms with van der Waals surface area (Å²) < 4.78 is 8.63. The first-order valence-corrected chi connectivity index (χ1v) is 15.1. The van der Waals surface area contributed by atoms with Gasteiger partial charge in [-0.3, -0.25) is 9.48 Å². The second-order valence-electron chi connectivity index (χ2n) is 11.2. The van der Waals surface area contributed by atoms with Crippen molar-refractivity contribution in [2.24, 2.45) is 5.92 Å². The average Bonchev–Trinajstić information content (AvgIpc) is 3.75. The Kier molecular flexibility index (Phi) is 12.8. The first-order chi connectivity index (χ1) is 22.2. The van der Waals surface area contributed by atoms with E-state index in [2.05, 4.69) is 25.9 Å². The van der Waals surface area contributed by atoms with Crippen molar-refractivity contribution in [1.82, 2.24) is 30.0 Å². The molecule has 0 spiro atoms. The number of amides is 1. The fourth-order valence-electron chi connectivity index (χ4n) is 5.39. The molecular formula is C32H36N7NaO7. The molecule has 1 aliphatic rings. The third-order valence-electron chi connectivity index (χ3n) is 7.95. The average molecular weight is 654 g/mol. The van der Waals surface area contributed by atoms with Gasteiger partial charge in [0.05, 0.1) is 30.7 Å². The van der Waals surface area contributed by atoms with Crippen LogP contribution in [0.15, 0.2) is 78.8 Å². The summed E-state index contributed by atoms with van der Waals surface area (Å²) in [6, 6.07) is 16.2. The van der Waals surface area contributed by atoms with Crippen LogP contribution in [0.5, 0.6) is 0 Å². The number of aliphatic hydroxyl groups is 3. The first-order valence-electron chi connectivity index (χ1n) is 15.1. The Morgan fingerprint density at radius 3 is 2.45 bits per heavy atom. The number of aliphatic hydroxyl groups excluding tert-OH is 3. The van der Waals surface area contributed by atoms with E-state index in [1.807, 2.05) is 41.2 Å². The van der Waals surface area contributed by atoms with Crippen LogP contribution in [0, 0.1) is 5.92 Å². The van der Waals surface area contributed by atoms with Crippen molar-refractivity contribution in [2.75, 3.05) is 11.9 Å². The molecule has 0 aliphatic carbocycles. The van der Waals surface area contributed by atoms with E-state index in [4.69, 9.17) is 4.74 Å². The summed E-state index contributed by atoms with van der Waals surface area (Å²) in [6.45, 7) is 1.65. The quantitative estimate of drug-likeness (QED) is 0.0896. The zero-order valence-electron chi connectivity index (χ0n) is 26.2. The predicted octanol–water partition coefficient (Wildman–Crippen LogP) is -1.67. The molecule has 0 unspecified atom stereocenters. The number of rotatable bonds is 14. The Balaban J connectivity index is 0.00000500. The molecule has 0 saturated carbocycles. The van der Waals surface area contributed by atoms with Gasteiger partial charge >= 0.3 is 29.6 Å². The molecular weight excluding hydrogens is 617 g/mol. The van der Waals surface area contributed by atoms with Crippen LogP contribution in [0.2, 0.25) is 0 Å². The van der Waals surface area contributed by atoms with Gasteiger partial charge in [0.15, 0.2) is 0 Å². The van der Waals surface area contributed by atoms with Gasteiger partial charge in [-0.1, -0.05) is 72.3 Å². The molecule has 47 heavy (non-hydrogen) atoms. The van der Waals surface area contributed by atoms with Gasteiger partial charge in [-0.25, -0.2) is 4.68 Å². The Morgan fingerprint density at radius 1 is 0.979 bits per heavy atom. The number of nitrogens with one attached hydrogen (secondary N) is 1. The second-order valence-corrected chi connectivity index (χ2v) is 11.2. The van der Waals surface area contributed by atoms with Crippen LogP contribution in [-0.4, -0.2) is 82.1 Å². The number of carboxylic acids is 1. The number of hydrogen-bond donors (Lipinski definition) is 4. The molecule has 0 bridgehead atoms. The number of benzene rings is 2. The van der Waals surface area contributed by atoms with Gasteiger partial charge in [-0.15, -0.1) is 10.2 Å². The van der Waals surface area contributed by atoms with Crippen molar-refractivity contribution in [2.45, 2.75) is 63.5 Å².